The lowest BCUT2D eigenvalue weighted by Crippen LogP contribution is -2.13. The Balaban J connectivity index is 1.79. The average molecular weight is 323 g/mol. The van der Waals surface area contributed by atoms with Gasteiger partial charge in [-0.15, -0.1) is 0 Å². The van der Waals surface area contributed by atoms with E-state index >= 15 is 0 Å². The van der Waals surface area contributed by atoms with Crippen LogP contribution in [0.4, 0.5) is 5.69 Å². The van der Waals surface area contributed by atoms with E-state index in [0.717, 1.165) is 6.42 Å². The molecule has 1 unspecified atom stereocenters. The number of benzene rings is 1. The molecule has 2 aromatic rings. The van der Waals surface area contributed by atoms with Crippen molar-refractivity contribution in [3.8, 4) is 5.75 Å². The molecule has 0 bridgehead atoms. The molecule has 1 aromatic heterocycles. The van der Waals surface area contributed by atoms with Gasteiger partial charge in [0.2, 0.25) is 0 Å². The lowest BCUT2D eigenvalue weighted by molar-refractivity contribution is 0.184. The summed E-state index contributed by atoms with van der Waals surface area (Å²) in [6, 6.07) is 6.47. The van der Waals surface area contributed by atoms with E-state index in [1.54, 1.807) is 23.0 Å². The van der Waals surface area contributed by atoms with E-state index in [1.165, 1.54) is 25.4 Å². The van der Waals surface area contributed by atoms with Crippen molar-refractivity contribution < 1.29 is 17.9 Å². The molecular weight excluding hydrogens is 306 g/mol. The van der Waals surface area contributed by atoms with Gasteiger partial charge in [-0.1, -0.05) is 6.07 Å². The van der Waals surface area contributed by atoms with Crippen LogP contribution in [-0.4, -0.2) is 38.5 Å². The monoisotopic (exact) mass is 323 g/mol. The summed E-state index contributed by atoms with van der Waals surface area (Å²) in [5.41, 5.74) is 0.426. The SMILES string of the molecule is COc1cccc(S(=O)(=O)Nc2cnn(C3CCOC3)c2)c1. The molecule has 1 N–H and O–H groups in total. The number of anilines is 1. The maximum Gasteiger partial charge on any atom is 0.262 e. The van der Waals surface area contributed by atoms with E-state index in [4.69, 9.17) is 9.47 Å². The highest BCUT2D eigenvalue weighted by atomic mass is 32.2. The summed E-state index contributed by atoms with van der Waals surface area (Å²) in [5, 5.41) is 4.19. The van der Waals surface area contributed by atoms with E-state index in [9.17, 15) is 8.42 Å². The number of nitrogens with one attached hydrogen (secondary N) is 1. The van der Waals surface area contributed by atoms with Crippen molar-refractivity contribution >= 4 is 15.7 Å². The first-order valence-corrected chi connectivity index (χ1v) is 8.35. The molecule has 0 saturated carbocycles. The molecule has 0 radical (unpaired) electrons. The maximum absolute atomic E-state index is 12.4. The van der Waals surface area contributed by atoms with E-state index in [1.807, 2.05) is 0 Å². The van der Waals surface area contributed by atoms with Gasteiger partial charge in [0.25, 0.3) is 10.0 Å². The van der Waals surface area contributed by atoms with Crippen molar-refractivity contribution in [3.05, 3.63) is 36.7 Å². The third-order valence-electron chi connectivity index (χ3n) is 3.48. The summed E-state index contributed by atoms with van der Waals surface area (Å²) >= 11 is 0. The first-order chi connectivity index (χ1) is 10.6. The van der Waals surface area contributed by atoms with E-state index < -0.39 is 10.0 Å². The maximum atomic E-state index is 12.4. The molecular formula is C14H17N3O4S. The standard InChI is InChI=1S/C14H17N3O4S/c1-20-13-3-2-4-14(7-13)22(18,19)16-11-8-15-17(9-11)12-5-6-21-10-12/h2-4,7-9,12,16H,5-6,10H2,1H3. The number of sulfonamides is 1. The molecule has 118 valence electrons. The molecule has 0 amide bonds. The van der Waals surface area contributed by atoms with Crippen LogP contribution in [0.2, 0.25) is 0 Å². The second-order valence-electron chi connectivity index (χ2n) is 5.01. The normalized spacial score (nSPS) is 18.3. The van der Waals surface area contributed by atoms with E-state index in [0.29, 0.717) is 24.7 Å². The zero-order chi connectivity index (χ0) is 15.6. The third-order valence-corrected chi connectivity index (χ3v) is 4.86. The number of hydrogen-bond acceptors (Lipinski definition) is 5. The Kier molecular flexibility index (Phi) is 4.04. The lowest BCUT2D eigenvalue weighted by Gasteiger charge is -2.08. The zero-order valence-electron chi connectivity index (χ0n) is 12.1. The van der Waals surface area contributed by atoms with Gasteiger partial charge in [0.15, 0.2) is 0 Å². The van der Waals surface area contributed by atoms with Gasteiger partial charge < -0.3 is 9.47 Å². The predicted molar refractivity (Wildman–Crippen MR) is 80.5 cm³/mol. The smallest absolute Gasteiger partial charge is 0.262 e. The fourth-order valence-corrected chi connectivity index (χ4v) is 3.37. The molecule has 1 fully saturated rings. The van der Waals surface area contributed by atoms with Gasteiger partial charge in [0.05, 0.1) is 36.5 Å². The van der Waals surface area contributed by atoms with Gasteiger partial charge in [0, 0.05) is 18.9 Å². The summed E-state index contributed by atoms with van der Waals surface area (Å²) in [7, 11) is -2.18. The van der Waals surface area contributed by atoms with Gasteiger partial charge in [-0.05, 0) is 18.6 Å². The van der Waals surface area contributed by atoms with Crippen molar-refractivity contribution in [3.63, 3.8) is 0 Å². The summed E-state index contributed by atoms with van der Waals surface area (Å²) in [5.74, 6) is 0.488. The molecule has 8 heteroatoms. The first kappa shape index (κ1) is 14.9. The van der Waals surface area contributed by atoms with Gasteiger partial charge in [-0.2, -0.15) is 5.10 Å². The van der Waals surface area contributed by atoms with Crippen LogP contribution in [0.15, 0.2) is 41.6 Å². The van der Waals surface area contributed by atoms with E-state index in [-0.39, 0.29) is 10.9 Å². The molecule has 0 aliphatic carbocycles. The minimum atomic E-state index is -3.67. The van der Waals surface area contributed by atoms with Gasteiger partial charge in [-0.3, -0.25) is 9.40 Å². The largest absolute Gasteiger partial charge is 0.497 e. The number of rotatable bonds is 5. The van der Waals surface area contributed by atoms with Crippen LogP contribution in [0.25, 0.3) is 0 Å². The van der Waals surface area contributed by atoms with Gasteiger partial charge in [-0.25, -0.2) is 8.42 Å². The molecule has 1 saturated heterocycles. The minimum Gasteiger partial charge on any atom is -0.497 e. The highest BCUT2D eigenvalue weighted by Crippen LogP contribution is 2.22. The highest BCUT2D eigenvalue weighted by Gasteiger charge is 2.20. The molecule has 1 aliphatic heterocycles. The van der Waals surface area contributed by atoms with Crippen LogP contribution in [-0.2, 0) is 14.8 Å². The van der Waals surface area contributed by atoms with Crippen molar-refractivity contribution in [2.24, 2.45) is 0 Å². The Morgan fingerprint density at radius 2 is 2.32 bits per heavy atom. The van der Waals surface area contributed by atoms with Crippen LogP contribution >= 0.6 is 0 Å². The van der Waals surface area contributed by atoms with Crippen LogP contribution in [0.1, 0.15) is 12.5 Å². The number of nitrogens with zero attached hydrogens (tertiary/aromatic N) is 2. The Hall–Kier alpha value is -2.06. The fraction of sp³-hybridized carbons (Fsp3) is 0.357. The van der Waals surface area contributed by atoms with E-state index in [2.05, 4.69) is 9.82 Å². The molecule has 22 heavy (non-hydrogen) atoms. The number of methoxy groups -OCH3 is 1. The Bertz CT molecular complexity index is 751. The Morgan fingerprint density at radius 3 is 3.05 bits per heavy atom. The summed E-state index contributed by atoms with van der Waals surface area (Å²) in [6.07, 6.45) is 4.05. The number of hydrogen-bond donors (Lipinski definition) is 1. The average Bonchev–Trinajstić information content (AvgIpc) is 3.18. The first-order valence-electron chi connectivity index (χ1n) is 6.87. The van der Waals surface area contributed by atoms with Gasteiger partial charge in [0.1, 0.15) is 5.75 Å². The van der Waals surface area contributed by atoms with Crippen molar-refractivity contribution in [2.75, 3.05) is 25.0 Å². The minimum absolute atomic E-state index is 0.142. The quantitative estimate of drug-likeness (QED) is 0.905. The highest BCUT2D eigenvalue weighted by molar-refractivity contribution is 7.92. The number of aromatic nitrogens is 2. The molecule has 0 spiro atoms. The van der Waals surface area contributed by atoms with Crippen LogP contribution in [0.3, 0.4) is 0 Å². The predicted octanol–water partition coefficient (Wildman–Crippen LogP) is 1.65. The second-order valence-corrected chi connectivity index (χ2v) is 6.69. The molecule has 1 atom stereocenters. The van der Waals surface area contributed by atoms with Crippen LogP contribution in [0, 0.1) is 0 Å². The van der Waals surface area contributed by atoms with Crippen molar-refractivity contribution in [1.82, 2.24) is 9.78 Å². The molecule has 3 rings (SSSR count). The van der Waals surface area contributed by atoms with Crippen molar-refractivity contribution in [2.45, 2.75) is 17.4 Å². The van der Waals surface area contributed by atoms with Crippen molar-refractivity contribution in [1.29, 1.82) is 0 Å². The Labute approximate surface area is 128 Å². The molecule has 7 nitrogen and oxygen atoms in total. The molecule has 1 aromatic carbocycles. The van der Waals surface area contributed by atoms with Crippen LogP contribution in [0.5, 0.6) is 5.75 Å². The molecule has 1 aliphatic rings. The zero-order valence-corrected chi connectivity index (χ0v) is 12.9. The second kappa shape index (κ2) is 5.98. The third kappa shape index (κ3) is 3.07. The molecule has 2 heterocycles. The summed E-state index contributed by atoms with van der Waals surface area (Å²) in [4.78, 5) is 0.142. The topological polar surface area (TPSA) is 82.5 Å². The Morgan fingerprint density at radius 1 is 1.45 bits per heavy atom. The lowest BCUT2D eigenvalue weighted by atomic mass is 10.3. The fourth-order valence-electron chi connectivity index (χ4n) is 2.30. The van der Waals surface area contributed by atoms with Crippen LogP contribution < -0.4 is 9.46 Å². The number of ether oxygens (including phenoxy) is 2. The summed E-state index contributed by atoms with van der Waals surface area (Å²) < 4.78 is 39.4. The summed E-state index contributed by atoms with van der Waals surface area (Å²) in [6.45, 7) is 1.30. The van der Waals surface area contributed by atoms with Gasteiger partial charge >= 0.3 is 0 Å².